The fourth-order valence-electron chi connectivity index (χ4n) is 3.98. The Labute approximate surface area is 172 Å². The lowest BCUT2D eigenvalue weighted by molar-refractivity contribution is -0.117. The number of amides is 2. The molecule has 0 aromatic heterocycles. The Balaban J connectivity index is 1.28. The fraction of sp³-hybridized carbons (Fsp3) is 0.417. The van der Waals surface area contributed by atoms with Crippen LogP contribution in [0.2, 0.25) is 0 Å². The summed E-state index contributed by atoms with van der Waals surface area (Å²) in [6.45, 7) is 8.37. The second-order valence-corrected chi connectivity index (χ2v) is 8.44. The first kappa shape index (κ1) is 19.6. The van der Waals surface area contributed by atoms with Gasteiger partial charge in [0.15, 0.2) is 0 Å². The molecule has 2 aliphatic rings. The number of nitrogens with one attached hydrogen (secondary N) is 1. The molecule has 152 valence electrons. The van der Waals surface area contributed by atoms with Gasteiger partial charge in [0, 0.05) is 49.9 Å². The number of anilines is 1. The van der Waals surface area contributed by atoms with E-state index < -0.39 is 0 Å². The molecule has 4 rings (SSSR count). The largest absolute Gasteiger partial charge is 0.336 e. The van der Waals surface area contributed by atoms with Crippen LogP contribution in [0.25, 0.3) is 0 Å². The zero-order valence-corrected chi connectivity index (χ0v) is 17.2. The molecule has 1 N–H and O–H groups in total. The number of carbonyl (C=O) groups excluding carboxylic acids is 2. The zero-order chi connectivity index (χ0) is 20.4. The van der Waals surface area contributed by atoms with Crippen LogP contribution in [0.5, 0.6) is 0 Å². The molecule has 0 radical (unpaired) electrons. The molecule has 2 unspecified atom stereocenters. The van der Waals surface area contributed by atoms with E-state index in [1.807, 2.05) is 29.2 Å². The number of rotatable bonds is 5. The van der Waals surface area contributed by atoms with Gasteiger partial charge < -0.3 is 10.2 Å². The number of nitrogens with zero attached hydrogens (tertiary/aromatic N) is 2. The maximum absolute atomic E-state index is 12.8. The second kappa shape index (κ2) is 8.37. The van der Waals surface area contributed by atoms with Gasteiger partial charge in [-0.1, -0.05) is 36.8 Å². The van der Waals surface area contributed by atoms with Crippen LogP contribution in [0.4, 0.5) is 5.69 Å². The van der Waals surface area contributed by atoms with Crippen molar-refractivity contribution in [1.82, 2.24) is 9.80 Å². The summed E-state index contributed by atoms with van der Waals surface area (Å²) >= 11 is 0. The lowest BCUT2D eigenvalue weighted by Crippen LogP contribution is -2.48. The Morgan fingerprint density at radius 2 is 1.72 bits per heavy atom. The summed E-state index contributed by atoms with van der Waals surface area (Å²) in [6.07, 6.45) is 0.970. The van der Waals surface area contributed by atoms with Crippen molar-refractivity contribution in [3.63, 3.8) is 0 Å². The van der Waals surface area contributed by atoms with Gasteiger partial charge in [-0.15, -0.1) is 0 Å². The van der Waals surface area contributed by atoms with Crippen LogP contribution < -0.4 is 5.32 Å². The molecule has 0 spiro atoms. The molecule has 5 heteroatoms. The zero-order valence-electron chi connectivity index (χ0n) is 17.2. The van der Waals surface area contributed by atoms with Crippen LogP contribution in [-0.4, -0.2) is 47.8 Å². The molecule has 5 nitrogen and oxygen atoms in total. The first-order valence-corrected chi connectivity index (χ1v) is 10.5. The summed E-state index contributed by atoms with van der Waals surface area (Å²) in [4.78, 5) is 29.2. The van der Waals surface area contributed by atoms with Crippen molar-refractivity contribution < 1.29 is 9.59 Å². The van der Waals surface area contributed by atoms with Crippen molar-refractivity contribution in [2.24, 2.45) is 11.8 Å². The Bertz CT molecular complexity index is 885. The highest BCUT2D eigenvalue weighted by molar-refractivity contribution is 5.97. The maximum Gasteiger partial charge on any atom is 0.253 e. The number of hydrogen-bond acceptors (Lipinski definition) is 3. The van der Waals surface area contributed by atoms with Crippen LogP contribution in [-0.2, 0) is 11.3 Å². The molecule has 1 saturated heterocycles. The van der Waals surface area contributed by atoms with E-state index in [1.54, 1.807) is 0 Å². The molecule has 2 atom stereocenters. The summed E-state index contributed by atoms with van der Waals surface area (Å²) in [5, 5.41) is 2.94. The SMILES string of the molecule is Cc1cccc(CN2CCN(C(=O)c3ccc(NC(=O)C4CC4C)cc3)CC2)c1. The third kappa shape index (κ3) is 4.85. The first-order chi connectivity index (χ1) is 14.0. The molecule has 1 heterocycles. The summed E-state index contributed by atoms with van der Waals surface area (Å²) in [7, 11) is 0. The third-order valence-corrected chi connectivity index (χ3v) is 5.99. The molecule has 2 fully saturated rings. The van der Waals surface area contributed by atoms with Gasteiger partial charge in [0.25, 0.3) is 5.91 Å². The highest BCUT2D eigenvalue weighted by Crippen LogP contribution is 2.38. The van der Waals surface area contributed by atoms with Gasteiger partial charge in [-0.2, -0.15) is 0 Å². The Kier molecular flexibility index (Phi) is 5.67. The standard InChI is InChI=1S/C24H29N3O2/c1-17-4-3-5-19(14-17)16-26-10-12-27(13-11-26)24(29)20-6-8-21(9-7-20)25-23(28)22-15-18(22)2/h3-9,14,18,22H,10-13,15-16H2,1-2H3,(H,25,28). The molecule has 0 bridgehead atoms. The smallest absolute Gasteiger partial charge is 0.253 e. The van der Waals surface area contributed by atoms with Crippen LogP contribution in [0.1, 0.15) is 34.8 Å². The minimum absolute atomic E-state index is 0.0638. The molecule has 1 aliphatic carbocycles. The highest BCUT2D eigenvalue weighted by Gasteiger charge is 2.39. The normalized spacial score (nSPS) is 21.7. The predicted octanol–water partition coefficient (Wildman–Crippen LogP) is 3.55. The molecule has 2 amide bonds. The van der Waals surface area contributed by atoms with Gasteiger partial charge in [0.2, 0.25) is 5.91 Å². The molecule has 1 saturated carbocycles. The van der Waals surface area contributed by atoms with E-state index in [9.17, 15) is 9.59 Å². The van der Waals surface area contributed by atoms with E-state index in [4.69, 9.17) is 0 Å². The first-order valence-electron chi connectivity index (χ1n) is 10.5. The Morgan fingerprint density at radius 1 is 1.03 bits per heavy atom. The maximum atomic E-state index is 12.8. The summed E-state index contributed by atoms with van der Waals surface area (Å²) in [5.41, 5.74) is 4.04. The van der Waals surface area contributed by atoms with Crippen LogP contribution in [0.15, 0.2) is 48.5 Å². The molecular formula is C24H29N3O2. The molecule has 29 heavy (non-hydrogen) atoms. The number of aryl methyl sites for hydroxylation is 1. The van der Waals surface area contributed by atoms with Crippen molar-refractivity contribution in [1.29, 1.82) is 0 Å². The average molecular weight is 392 g/mol. The summed E-state index contributed by atoms with van der Waals surface area (Å²) < 4.78 is 0. The van der Waals surface area contributed by atoms with Crippen LogP contribution >= 0.6 is 0 Å². The Morgan fingerprint density at radius 3 is 2.34 bits per heavy atom. The number of hydrogen-bond donors (Lipinski definition) is 1. The van der Waals surface area contributed by atoms with Gasteiger partial charge in [0.1, 0.15) is 0 Å². The topological polar surface area (TPSA) is 52.6 Å². The highest BCUT2D eigenvalue weighted by atomic mass is 16.2. The molecule has 2 aromatic carbocycles. The number of benzene rings is 2. The number of carbonyl (C=O) groups is 2. The van der Waals surface area contributed by atoms with Crippen molar-refractivity contribution in [3.8, 4) is 0 Å². The van der Waals surface area contributed by atoms with Crippen LogP contribution in [0, 0.1) is 18.8 Å². The predicted molar refractivity (Wildman–Crippen MR) is 115 cm³/mol. The van der Waals surface area contributed by atoms with Crippen LogP contribution in [0.3, 0.4) is 0 Å². The van der Waals surface area contributed by atoms with E-state index in [2.05, 4.69) is 48.3 Å². The lowest BCUT2D eigenvalue weighted by Gasteiger charge is -2.34. The molecular weight excluding hydrogens is 362 g/mol. The summed E-state index contributed by atoms with van der Waals surface area (Å²) in [6, 6.07) is 15.9. The minimum atomic E-state index is 0.0638. The third-order valence-electron chi connectivity index (χ3n) is 5.99. The van der Waals surface area contributed by atoms with Crippen molar-refractivity contribution >= 4 is 17.5 Å². The van der Waals surface area contributed by atoms with E-state index >= 15 is 0 Å². The minimum Gasteiger partial charge on any atom is -0.336 e. The van der Waals surface area contributed by atoms with Gasteiger partial charge in [-0.3, -0.25) is 14.5 Å². The van der Waals surface area contributed by atoms with E-state index in [0.29, 0.717) is 11.5 Å². The van der Waals surface area contributed by atoms with E-state index in [0.717, 1.165) is 44.8 Å². The van der Waals surface area contributed by atoms with E-state index in [-0.39, 0.29) is 17.7 Å². The van der Waals surface area contributed by atoms with Crippen molar-refractivity contribution in [2.75, 3.05) is 31.5 Å². The number of piperazine rings is 1. The average Bonchev–Trinajstić information content (AvgIpc) is 3.45. The van der Waals surface area contributed by atoms with E-state index in [1.165, 1.54) is 11.1 Å². The van der Waals surface area contributed by atoms with Crippen molar-refractivity contribution in [2.45, 2.75) is 26.8 Å². The fourth-order valence-corrected chi connectivity index (χ4v) is 3.98. The quantitative estimate of drug-likeness (QED) is 0.848. The van der Waals surface area contributed by atoms with Crippen molar-refractivity contribution in [3.05, 3.63) is 65.2 Å². The van der Waals surface area contributed by atoms with Gasteiger partial charge in [-0.25, -0.2) is 0 Å². The summed E-state index contributed by atoms with van der Waals surface area (Å²) in [5.74, 6) is 0.781. The molecule has 2 aromatic rings. The molecule has 1 aliphatic heterocycles. The van der Waals surface area contributed by atoms with Gasteiger partial charge in [-0.05, 0) is 49.1 Å². The lowest BCUT2D eigenvalue weighted by atomic mass is 10.1. The van der Waals surface area contributed by atoms with Gasteiger partial charge >= 0.3 is 0 Å². The van der Waals surface area contributed by atoms with Gasteiger partial charge in [0.05, 0.1) is 0 Å². The second-order valence-electron chi connectivity index (χ2n) is 8.44. The Hall–Kier alpha value is -2.66. The monoisotopic (exact) mass is 391 g/mol.